The summed E-state index contributed by atoms with van der Waals surface area (Å²) in [7, 11) is -1.67. The smallest absolute Gasteiger partial charge is 0.293 e. The summed E-state index contributed by atoms with van der Waals surface area (Å²) in [4.78, 5) is 21.6. The van der Waals surface area contributed by atoms with Crippen LogP contribution >= 0.6 is 0 Å². The lowest BCUT2D eigenvalue weighted by Gasteiger charge is -2.14. The molecule has 7 nitrogen and oxygen atoms in total. The van der Waals surface area contributed by atoms with E-state index >= 15 is 0 Å². The lowest BCUT2D eigenvalue weighted by molar-refractivity contribution is -0.137. The van der Waals surface area contributed by atoms with E-state index in [2.05, 4.69) is 9.97 Å². The minimum absolute atomic E-state index is 0.281. The number of aromatic nitrogens is 4. The molecule has 3 aromatic heterocycles. The summed E-state index contributed by atoms with van der Waals surface area (Å²) in [5, 5.41) is 0.578. The first-order chi connectivity index (χ1) is 17.9. The summed E-state index contributed by atoms with van der Waals surface area (Å²) in [6.45, 7) is 0. The van der Waals surface area contributed by atoms with Gasteiger partial charge in [0.05, 0.1) is 38.7 Å². The highest BCUT2D eigenvalue weighted by molar-refractivity contribution is 7.92. The normalized spacial score (nSPS) is 15.3. The number of pyridine rings is 2. The van der Waals surface area contributed by atoms with Crippen LogP contribution in [0.15, 0.2) is 71.9 Å². The van der Waals surface area contributed by atoms with Gasteiger partial charge in [-0.15, -0.1) is 0 Å². The van der Waals surface area contributed by atoms with Crippen molar-refractivity contribution in [2.24, 2.45) is 7.05 Å². The van der Waals surface area contributed by atoms with Crippen LogP contribution in [0.1, 0.15) is 24.0 Å². The van der Waals surface area contributed by atoms with E-state index in [0.717, 1.165) is 12.3 Å². The molecule has 1 aliphatic rings. The first-order valence-corrected chi connectivity index (χ1v) is 13.6. The fourth-order valence-electron chi connectivity index (χ4n) is 5.07. The molecular weight excluding hydrogens is 517 g/mol. The third kappa shape index (κ3) is 3.64. The second kappa shape index (κ2) is 8.00. The van der Waals surface area contributed by atoms with E-state index in [1.807, 2.05) is 0 Å². The fraction of sp³-hybridized carbons (Fsp3) is 0.222. The van der Waals surface area contributed by atoms with E-state index in [1.54, 1.807) is 55.7 Å². The first kappa shape index (κ1) is 24.4. The Morgan fingerprint density at radius 1 is 0.947 bits per heavy atom. The number of fused-ring (bicyclic) bond motifs is 3. The molecule has 0 unspecified atom stereocenters. The molecule has 2 aromatic carbocycles. The minimum atomic E-state index is -4.53. The molecule has 6 rings (SSSR count). The number of hydrogen-bond acceptors (Lipinski definition) is 5. The molecule has 5 aromatic rings. The zero-order valence-electron chi connectivity index (χ0n) is 20.3. The molecule has 0 spiro atoms. The van der Waals surface area contributed by atoms with Gasteiger partial charge in [0, 0.05) is 36.6 Å². The number of benzene rings is 2. The Balaban J connectivity index is 1.55. The number of alkyl halides is 3. The van der Waals surface area contributed by atoms with E-state index in [1.165, 1.54) is 21.6 Å². The van der Waals surface area contributed by atoms with Crippen LogP contribution in [0.5, 0.6) is 0 Å². The zero-order chi connectivity index (χ0) is 27.0. The first-order valence-electron chi connectivity index (χ1n) is 11.7. The van der Waals surface area contributed by atoms with Crippen molar-refractivity contribution in [3.8, 4) is 16.8 Å². The number of nitrogens with zero attached hydrogens (tertiary/aromatic N) is 4. The van der Waals surface area contributed by atoms with Crippen LogP contribution in [0.4, 0.5) is 13.2 Å². The van der Waals surface area contributed by atoms with E-state index in [9.17, 15) is 26.4 Å². The molecule has 0 radical (unpaired) electrons. The molecule has 0 N–H and O–H groups in total. The maximum Gasteiger partial charge on any atom is 0.417 e. The van der Waals surface area contributed by atoms with Gasteiger partial charge in [0.2, 0.25) is 0 Å². The largest absolute Gasteiger partial charge is 0.417 e. The highest BCUT2D eigenvalue weighted by atomic mass is 32.2. The van der Waals surface area contributed by atoms with Crippen LogP contribution in [0.3, 0.4) is 0 Å². The van der Waals surface area contributed by atoms with E-state index in [4.69, 9.17) is 0 Å². The molecule has 11 heteroatoms. The molecule has 0 atom stereocenters. The van der Waals surface area contributed by atoms with Gasteiger partial charge in [-0.05, 0) is 54.3 Å². The fourth-order valence-corrected chi connectivity index (χ4v) is 6.48. The van der Waals surface area contributed by atoms with Gasteiger partial charge < -0.3 is 0 Å². The predicted molar refractivity (Wildman–Crippen MR) is 138 cm³/mol. The van der Waals surface area contributed by atoms with Gasteiger partial charge in [0.15, 0.2) is 9.84 Å². The van der Waals surface area contributed by atoms with E-state index in [-0.39, 0.29) is 11.3 Å². The zero-order valence-corrected chi connectivity index (χ0v) is 21.1. The third-order valence-corrected chi connectivity index (χ3v) is 9.41. The van der Waals surface area contributed by atoms with Gasteiger partial charge in [-0.2, -0.15) is 13.2 Å². The Morgan fingerprint density at radius 3 is 2.29 bits per heavy atom. The lowest BCUT2D eigenvalue weighted by atomic mass is 10.0. The number of halogens is 3. The van der Waals surface area contributed by atoms with Gasteiger partial charge in [0.25, 0.3) is 0 Å². The van der Waals surface area contributed by atoms with Crippen LogP contribution in [-0.4, -0.2) is 33.8 Å². The number of hydrogen-bond donors (Lipinski definition) is 0. The summed E-state index contributed by atoms with van der Waals surface area (Å²) in [6.07, 6.45) is 1.54. The molecule has 0 saturated heterocycles. The van der Waals surface area contributed by atoms with Crippen molar-refractivity contribution in [3.63, 3.8) is 0 Å². The Bertz CT molecular complexity index is 1920. The lowest BCUT2D eigenvalue weighted by Crippen LogP contribution is -2.21. The topological polar surface area (TPSA) is 86.9 Å². The van der Waals surface area contributed by atoms with Crippen LogP contribution in [0.25, 0.3) is 38.8 Å². The van der Waals surface area contributed by atoms with Crippen molar-refractivity contribution in [1.82, 2.24) is 19.1 Å². The third-order valence-electron chi connectivity index (χ3n) is 7.35. The molecule has 3 heterocycles. The van der Waals surface area contributed by atoms with E-state index in [0.29, 0.717) is 51.6 Å². The SMILES string of the molecule is Cn1c(=O)n(-c2ccc(C3(S(C)(=O)=O)CC3)cc2)c2c3cc(-c4cncc(C(F)(F)F)c4)ccc3ncc21. The summed E-state index contributed by atoms with van der Waals surface area (Å²) in [6, 6.07) is 13.0. The van der Waals surface area contributed by atoms with Crippen molar-refractivity contribution in [2.75, 3.05) is 6.26 Å². The number of aryl methyl sites for hydroxylation is 1. The van der Waals surface area contributed by atoms with Crippen LogP contribution in [0, 0.1) is 0 Å². The second-order valence-electron chi connectivity index (χ2n) is 9.67. The van der Waals surface area contributed by atoms with Crippen molar-refractivity contribution in [3.05, 3.63) is 88.7 Å². The Morgan fingerprint density at radius 2 is 1.66 bits per heavy atom. The van der Waals surface area contributed by atoms with Crippen molar-refractivity contribution in [1.29, 1.82) is 0 Å². The Kier molecular flexibility index (Phi) is 5.13. The van der Waals surface area contributed by atoms with Gasteiger partial charge in [0.1, 0.15) is 0 Å². The quantitative estimate of drug-likeness (QED) is 0.322. The molecule has 0 aliphatic heterocycles. The summed E-state index contributed by atoms with van der Waals surface area (Å²) in [5.74, 6) is 0. The minimum Gasteiger partial charge on any atom is -0.293 e. The average Bonchev–Trinajstić information content (AvgIpc) is 3.66. The molecule has 1 aliphatic carbocycles. The van der Waals surface area contributed by atoms with Crippen LogP contribution in [-0.2, 0) is 27.8 Å². The summed E-state index contributed by atoms with van der Waals surface area (Å²) < 4.78 is 66.6. The van der Waals surface area contributed by atoms with Crippen molar-refractivity contribution < 1.29 is 21.6 Å². The van der Waals surface area contributed by atoms with Crippen molar-refractivity contribution >= 4 is 31.8 Å². The average molecular weight is 539 g/mol. The standard InChI is InChI=1S/C27H21F3N4O3S/c1-33-23-15-32-22-8-3-16(17-11-19(14-31-13-17)27(28,29)30)12-21(22)24(23)34(25(33)35)20-6-4-18(5-7-20)26(9-10-26)38(2,36)37/h3-8,11-15H,9-10H2,1-2H3. The Labute approximate surface area is 215 Å². The molecular formula is C27H21F3N4O3S. The van der Waals surface area contributed by atoms with Crippen LogP contribution < -0.4 is 5.69 Å². The molecule has 0 amide bonds. The van der Waals surface area contributed by atoms with Crippen LogP contribution in [0.2, 0.25) is 0 Å². The number of rotatable bonds is 4. The molecule has 38 heavy (non-hydrogen) atoms. The number of imidazole rings is 1. The monoisotopic (exact) mass is 538 g/mol. The summed E-state index contributed by atoms with van der Waals surface area (Å²) >= 11 is 0. The Hall–Kier alpha value is -3.99. The van der Waals surface area contributed by atoms with Crippen molar-refractivity contribution in [2.45, 2.75) is 23.8 Å². The van der Waals surface area contributed by atoms with Gasteiger partial charge >= 0.3 is 11.9 Å². The van der Waals surface area contributed by atoms with Gasteiger partial charge in [-0.25, -0.2) is 13.2 Å². The second-order valence-corrected chi connectivity index (χ2v) is 12.0. The van der Waals surface area contributed by atoms with Gasteiger partial charge in [-0.1, -0.05) is 18.2 Å². The molecule has 1 saturated carbocycles. The highest BCUT2D eigenvalue weighted by Gasteiger charge is 2.53. The van der Waals surface area contributed by atoms with Gasteiger partial charge in [-0.3, -0.25) is 19.1 Å². The molecule has 0 bridgehead atoms. The molecule has 194 valence electrons. The molecule has 1 fully saturated rings. The predicted octanol–water partition coefficient (Wildman–Crippen LogP) is 4.99. The maximum atomic E-state index is 13.4. The highest BCUT2D eigenvalue weighted by Crippen LogP contribution is 2.52. The van der Waals surface area contributed by atoms with E-state index < -0.39 is 26.3 Å². The number of sulfone groups is 1. The maximum absolute atomic E-state index is 13.4. The summed E-state index contributed by atoms with van der Waals surface area (Å²) in [5.41, 5.74) is 2.45.